The zero-order chi connectivity index (χ0) is 31.0. The minimum atomic E-state index is -0.820. The molecule has 4 saturated carbocycles. The Bertz CT molecular complexity index is 1080. The number of rotatable bonds is 8. The molecule has 1 N–H and O–H groups in total. The molecule has 11 atom stereocenters. The van der Waals surface area contributed by atoms with Gasteiger partial charge in [-0.15, -0.1) is 0 Å². The number of alkyl carbamates (subject to hydrolysis) is 1. The second-order valence-electron chi connectivity index (χ2n) is 13.6. The molecule has 10 nitrogen and oxygen atoms in total. The zero-order valence-electron chi connectivity index (χ0n) is 26.2. The molecule has 4 fully saturated rings. The highest BCUT2D eigenvalue weighted by Gasteiger charge is 2.70. The van der Waals surface area contributed by atoms with E-state index in [0.717, 1.165) is 19.3 Å². The van der Waals surface area contributed by atoms with Crippen molar-refractivity contribution in [2.45, 2.75) is 111 Å². The molecule has 0 saturated heterocycles. The summed E-state index contributed by atoms with van der Waals surface area (Å²) in [4.78, 5) is 64.0. The number of fused-ring (bicyclic) bond motifs is 5. The summed E-state index contributed by atoms with van der Waals surface area (Å²) in [5.41, 5.74) is -1.13. The lowest BCUT2D eigenvalue weighted by Crippen LogP contribution is -2.70. The van der Waals surface area contributed by atoms with Crippen molar-refractivity contribution < 1.29 is 42.9 Å². The maximum atomic E-state index is 14.8. The van der Waals surface area contributed by atoms with E-state index in [1.54, 1.807) is 6.92 Å². The van der Waals surface area contributed by atoms with Crippen molar-refractivity contribution in [2.24, 2.45) is 46.3 Å². The van der Waals surface area contributed by atoms with Gasteiger partial charge in [-0.2, -0.15) is 0 Å². The Balaban J connectivity index is 1.78. The molecule has 4 aliphatic carbocycles. The molecule has 0 radical (unpaired) electrons. The van der Waals surface area contributed by atoms with Gasteiger partial charge in [0.1, 0.15) is 12.2 Å². The van der Waals surface area contributed by atoms with Gasteiger partial charge in [-0.1, -0.05) is 20.8 Å². The normalized spacial score (nSPS) is 39.5. The standard InChI is InChI=1S/C32H49NO9/c1-8-40-30(38)33-28-27-26(23-11-10-22(32(23,6)29(28)37)17(2)9-12-25(36)39-7)24(42-19(4)35)16-20-15-21(41-18(3)34)13-14-31(20,27)5/h17,20-24,26-28H,8-16H2,1-7H3,(H,33,38)/t17-,20+,21-,22?,23?,24-,26?,27?,28+,31+,32-/m1/s1. The number of esters is 3. The molecule has 0 aromatic heterocycles. The Kier molecular flexibility index (Phi) is 9.62. The molecule has 42 heavy (non-hydrogen) atoms. The second kappa shape index (κ2) is 12.5. The number of carbonyl (C=O) groups is 5. The number of methoxy groups -OCH3 is 1. The van der Waals surface area contributed by atoms with E-state index in [4.69, 9.17) is 18.9 Å². The van der Waals surface area contributed by atoms with Gasteiger partial charge in [0, 0.05) is 31.6 Å². The van der Waals surface area contributed by atoms with Gasteiger partial charge in [-0.3, -0.25) is 19.2 Å². The summed E-state index contributed by atoms with van der Waals surface area (Å²) < 4.78 is 21.9. The molecule has 0 bridgehead atoms. The van der Waals surface area contributed by atoms with Gasteiger partial charge >= 0.3 is 24.0 Å². The first-order valence-electron chi connectivity index (χ1n) is 15.7. The van der Waals surface area contributed by atoms with E-state index in [9.17, 15) is 24.0 Å². The number of hydrogen-bond acceptors (Lipinski definition) is 9. The fourth-order valence-electron chi connectivity index (χ4n) is 9.76. The average Bonchev–Trinajstić information content (AvgIpc) is 3.27. The predicted molar refractivity (Wildman–Crippen MR) is 152 cm³/mol. The second-order valence-corrected chi connectivity index (χ2v) is 13.6. The third-order valence-electron chi connectivity index (χ3n) is 11.5. The van der Waals surface area contributed by atoms with Crippen LogP contribution < -0.4 is 5.32 Å². The van der Waals surface area contributed by atoms with Crippen LogP contribution in [-0.4, -0.2) is 61.8 Å². The molecule has 1 amide bonds. The minimum Gasteiger partial charge on any atom is -0.469 e. The van der Waals surface area contributed by atoms with E-state index < -0.39 is 23.7 Å². The van der Waals surface area contributed by atoms with Crippen LogP contribution in [0.25, 0.3) is 0 Å². The first kappa shape index (κ1) is 32.3. The number of ether oxygens (including phenoxy) is 4. The van der Waals surface area contributed by atoms with Crippen LogP contribution in [0.4, 0.5) is 4.79 Å². The Hall–Kier alpha value is -2.65. The molecule has 0 aliphatic heterocycles. The van der Waals surface area contributed by atoms with Crippen LogP contribution in [0.15, 0.2) is 0 Å². The first-order valence-corrected chi connectivity index (χ1v) is 15.7. The highest BCUT2D eigenvalue weighted by Crippen LogP contribution is 2.68. The van der Waals surface area contributed by atoms with Crippen molar-refractivity contribution in [3.05, 3.63) is 0 Å². The Labute approximate surface area is 249 Å². The third-order valence-corrected chi connectivity index (χ3v) is 11.5. The maximum Gasteiger partial charge on any atom is 0.407 e. The van der Waals surface area contributed by atoms with Crippen molar-refractivity contribution in [3.63, 3.8) is 0 Å². The van der Waals surface area contributed by atoms with Crippen molar-refractivity contribution in [2.75, 3.05) is 13.7 Å². The first-order chi connectivity index (χ1) is 19.8. The van der Waals surface area contributed by atoms with E-state index in [1.807, 2.05) is 6.92 Å². The highest BCUT2D eigenvalue weighted by molar-refractivity contribution is 5.94. The smallest absolute Gasteiger partial charge is 0.407 e. The summed E-state index contributed by atoms with van der Waals surface area (Å²) in [6.45, 7) is 11.0. The summed E-state index contributed by atoms with van der Waals surface area (Å²) in [6.07, 6.45) is 3.82. The lowest BCUT2D eigenvalue weighted by atomic mass is 9.42. The minimum absolute atomic E-state index is 0.000203. The van der Waals surface area contributed by atoms with Gasteiger partial charge in [0.05, 0.1) is 19.8 Å². The van der Waals surface area contributed by atoms with Crippen LogP contribution >= 0.6 is 0 Å². The van der Waals surface area contributed by atoms with E-state index in [2.05, 4.69) is 19.2 Å². The van der Waals surface area contributed by atoms with Crippen molar-refractivity contribution in [1.82, 2.24) is 5.32 Å². The van der Waals surface area contributed by atoms with Crippen molar-refractivity contribution >= 4 is 29.8 Å². The molecular formula is C32H49NO9. The lowest BCUT2D eigenvalue weighted by Gasteiger charge is -2.64. The van der Waals surface area contributed by atoms with Crippen LogP contribution in [0.2, 0.25) is 0 Å². The van der Waals surface area contributed by atoms with Gasteiger partial charge < -0.3 is 24.3 Å². The summed E-state index contributed by atoms with van der Waals surface area (Å²) in [6, 6.07) is -0.820. The molecule has 10 heteroatoms. The third kappa shape index (κ3) is 5.79. The maximum absolute atomic E-state index is 14.8. The SMILES string of the molecule is CCOC(=O)N[C@@H]1C(=O)[C@@]2(C)C(CCC2[C@H](C)CCC(=O)OC)C2C1[C@@]1(C)CC[C@@H](OC(C)=O)C[C@H]1C[C@H]2OC(C)=O. The van der Waals surface area contributed by atoms with Crippen LogP contribution in [-0.2, 0) is 38.1 Å². The molecule has 0 heterocycles. The quantitative estimate of drug-likeness (QED) is 0.317. The fraction of sp³-hybridized carbons (Fsp3) is 0.844. The summed E-state index contributed by atoms with van der Waals surface area (Å²) in [7, 11) is 1.38. The van der Waals surface area contributed by atoms with Gasteiger partial charge in [0.25, 0.3) is 0 Å². The summed E-state index contributed by atoms with van der Waals surface area (Å²) in [5, 5.41) is 2.99. The summed E-state index contributed by atoms with van der Waals surface area (Å²) in [5.74, 6) is -1.34. The largest absolute Gasteiger partial charge is 0.469 e. The number of nitrogens with one attached hydrogen (secondary N) is 1. The fourth-order valence-corrected chi connectivity index (χ4v) is 9.76. The molecule has 0 aromatic carbocycles. The van der Waals surface area contributed by atoms with E-state index in [0.29, 0.717) is 25.7 Å². The number of ketones is 1. The van der Waals surface area contributed by atoms with E-state index in [1.165, 1.54) is 21.0 Å². The van der Waals surface area contributed by atoms with Crippen molar-refractivity contribution in [1.29, 1.82) is 0 Å². The highest BCUT2D eigenvalue weighted by atomic mass is 16.6. The van der Waals surface area contributed by atoms with E-state index in [-0.39, 0.29) is 83.7 Å². The van der Waals surface area contributed by atoms with Crippen LogP contribution in [0.3, 0.4) is 0 Å². The number of hydrogen-bond donors (Lipinski definition) is 1. The van der Waals surface area contributed by atoms with Crippen molar-refractivity contribution in [3.8, 4) is 0 Å². The molecule has 4 unspecified atom stereocenters. The Morgan fingerprint density at radius 1 is 1.02 bits per heavy atom. The molecule has 4 rings (SSSR count). The zero-order valence-corrected chi connectivity index (χ0v) is 26.2. The van der Waals surface area contributed by atoms with Crippen LogP contribution in [0.1, 0.15) is 92.9 Å². The van der Waals surface area contributed by atoms with Gasteiger partial charge in [0.15, 0.2) is 5.78 Å². The van der Waals surface area contributed by atoms with Gasteiger partial charge in [0.2, 0.25) is 0 Å². The number of amides is 1. The molecule has 0 aromatic rings. The van der Waals surface area contributed by atoms with Crippen LogP contribution in [0, 0.1) is 46.3 Å². The number of Topliss-reactive ketones (excluding diaryl/α,β-unsaturated/α-hetero) is 1. The van der Waals surface area contributed by atoms with E-state index >= 15 is 0 Å². The van der Waals surface area contributed by atoms with Crippen LogP contribution in [0.5, 0.6) is 0 Å². The predicted octanol–water partition coefficient (Wildman–Crippen LogP) is 4.61. The topological polar surface area (TPSA) is 134 Å². The molecule has 0 spiro atoms. The molecular weight excluding hydrogens is 542 g/mol. The van der Waals surface area contributed by atoms with Gasteiger partial charge in [-0.25, -0.2) is 4.79 Å². The summed E-state index contributed by atoms with van der Waals surface area (Å²) >= 11 is 0. The monoisotopic (exact) mass is 591 g/mol. The average molecular weight is 592 g/mol. The Morgan fingerprint density at radius 3 is 2.33 bits per heavy atom. The molecule has 4 aliphatic rings. The lowest BCUT2D eigenvalue weighted by molar-refractivity contribution is -0.202. The Morgan fingerprint density at radius 2 is 1.71 bits per heavy atom. The number of carbonyl (C=O) groups excluding carboxylic acids is 5. The molecule has 236 valence electrons. The van der Waals surface area contributed by atoms with Gasteiger partial charge in [-0.05, 0) is 86.9 Å².